The van der Waals surface area contributed by atoms with Crippen LogP contribution in [0.5, 0.6) is 0 Å². The molecule has 108 valence electrons. The molecule has 0 fully saturated rings. The van der Waals surface area contributed by atoms with Crippen molar-refractivity contribution in [1.29, 1.82) is 0 Å². The summed E-state index contributed by atoms with van der Waals surface area (Å²) in [7, 11) is -1.39. The van der Waals surface area contributed by atoms with Crippen molar-refractivity contribution in [3.8, 4) is 0 Å². The van der Waals surface area contributed by atoms with Gasteiger partial charge in [0.2, 0.25) is 10.0 Å². The molecular weight excluding hydrogens is 260 g/mol. The standard InChI is InChI=1S/C14H24N2O2S/c1-4-16(5-2)19(17,18)14-10-8-13(9-11-14)7-6-12-15-3/h8-11,15H,4-7,12H2,1-3H3. The number of aryl methyl sites for hydroxylation is 1. The highest BCUT2D eigenvalue weighted by atomic mass is 32.2. The van der Waals surface area contributed by atoms with Crippen molar-refractivity contribution in [2.45, 2.75) is 31.6 Å². The molecule has 0 aliphatic rings. The first kappa shape index (κ1) is 16.1. The first-order chi connectivity index (χ1) is 9.06. The Kier molecular flexibility index (Phi) is 6.48. The second-order valence-electron chi connectivity index (χ2n) is 4.44. The van der Waals surface area contributed by atoms with Gasteiger partial charge in [-0.15, -0.1) is 0 Å². The molecule has 0 aromatic heterocycles. The van der Waals surface area contributed by atoms with Crippen LogP contribution in [0.1, 0.15) is 25.8 Å². The highest BCUT2D eigenvalue weighted by Gasteiger charge is 2.20. The van der Waals surface area contributed by atoms with Gasteiger partial charge >= 0.3 is 0 Å². The van der Waals surface area contributed by atoms with Crippen molar-refractivity contribution in [2.24, 2.45) is 0 Å². The van der Waals surface area contributed by atoms with Crippen molar-refractivity contribution in [3.63, 3.8) is 0 Å². The van der Waals surface area contributed by atoms with E-state index in [2.05, 4.69) is 5.32 Å². The normalized spacial score (nSPS) is 12.0. The lowest BCUT2D eigenvalue weighted by molar-refractivity contribution is 0.445. The minimum Gasteiger partial charge on any atom is -0.320 e. The van der Waals surface area contributed by atoms with Crippen LogP contribution in [0.3, 0.4) is 0 Å². The van der Waals surface area contributed by atoms with Crippen molar-refractivity contribution in [3.05, 3.63) is 29.8 Å². The van der Waals surface area contributed by atoms with E-state index >= 15 is 0 Å². The third-order valence-electron chi connectivity index (χ3n) is 3.16. The molecule has 0 radical (unpaired) electrons. The van der Waals surface area contributed by atoms with E-state index in [1.54, 1.807) is 12.1 Å². The average Bonchev–Trinajstić information content (AvgIpc) is 2.41. The Bertz CT molecular complexity index is 465. The van der Waals surface area contributed by atoms with Gasteiger partial charge in [-0.05, 0) is 44.1 Å². The molecule has 0 heterocycles. The van der Waals surface area contributed by atoms with Gasteiger partial charge in [0.1, 0.15) is 0 Å². The summed E-state index contributed by atoms with van der Waals surface area (Å²) in [4.78, 5) is 0.383. The van der Waals surface area contributed by atoms with Crippen LogP contribution in [0.4, 0.5) is 0 Å². The van der Waals surface area contributed by atoms with E-state index in [-0.39, 0.29) is 0 Å². The molecule has 0 spiro atoms. The van der Waals surface area contributed by atoms with Gasteiger partial charge in [-0.2, -0.15) is 4.31 Å². The molecule has 19 heavy (non-hydrogen) atoms. The van der Waals surface area contributed by atoms with E-state index in [1.165, 1.54) is 9.87 Å². The topological polar surface area (TPSA) is 49.4 Å². The summed E-state index contributed by atoms with van der Waals surface area (Å²) in [6, 6.07) is 7.24. The summed E-state index contributed by atoms with van der Waals surface area (Å²) >= 11 is 0. The van der Waals surface area contributed by atoms with Gasteiger partial charge < -0.3 is 5.32 Å². The Labute approximate surface area is 116 Å². The fourth-order valence-corrected chi connectivity index (χ4v) is 3.47. The second kappa shape index (κ2) is 7.62. The van der Waals surface area contributed by atoms with E-state index in [1.807, 2.05) is 33.0 Å². The zero-order chi connectivity index (χ0) is 14.3. The van der Waals surface area contributed by atoms with Crippen LogP contribution < -0.4 is 5.32 Å². The summed E-state index contributed by atoms with van der Waals surface area (Å²) in [5, 5.41) is 3.10. The van der Waals surface area contributed by atoms with E-state index in [4.69, 9.17) is 0 Å². The first-order valence-corrected chi connectivity index (χ1v) is 8.24. The Morgan fingerprint density at radius 1 is 1.11 bits per heavy atom. The summed E-state index contributed by atoms with van der Waals surface area (Å²) in [6.07, 6.45) is 2.02. The monoisotopic (exact) mass is 284 g/mol. The van der Waals surface area contributed by atoms with E-state index in [9.17, 15) is 8.42 Å². The van der Waals surface area contributed by atoms with Gasteiger partial charge in [0.15, 0.2) is 0 Å². The Morgan fingerprint density at radius 3 is 2.16 bits per heavy atom. The molecule has 5 heteroatoms. The van der Waals surface area contributed by atoms with Crippen LogP contribution in [-0.2, 0) is 16.4 Å². The van der Waals surface area contributed by atoms with Gasteiger partial charge in [-0.25, -0.2) is 8.42 Å². The fourth-order valence-electron chi connectivity index (χ4n) is 2.01. The van der Waals surface area contributed by atoms with Crippen LogP contribution in [0, 0.1) is 0 Å². The third-order valence-corrected chi connectivity index (χ3v) is 5.22. The van der Waals surface area contributed by atoms with Crippen LogP contribution in [0.25, 0.3) is 0 Å². The van der Waals surface area contributed by atoms with Gasteiger partial charge in [-0.3, -0.25) is 0 Å². The number of hydrogen-bond acceptors (Lipinski definition) is 3. The fraction of sp³-hybridized carbons (Fsp3) is 0.571. The lowest BCUT2D eigenvalue weighted by atomic mass is 10.1. The lowest BCUT2D eigenvalue weighted by Crippen LogP contribution is -2.30. The van der Waals surface area contributed by atoms with Crippen molar-refractivity contribution in [2.75, 3.05) is 26.7 Å². The van der Waals surface area contributed by atoms with Gasteiger partial charge in [-0.1, -0.05) is 26.0 Å². The SMILES string of the molecule is CCN(CC)S(=O)(=O)c1ccc(CCCNC)cc1. The maximum atomic E-state index is 12.3. The largest absolute Gasteiger partial charge is 0.320 e. The molecule has 0 atom stereocenters. The Morgan fingerprint density at radius 2 is 1.68 bits per heavy atom. The zero-order valence-electron chi connectivity index (χ0n) is 12.0. The van der Waals surface area contributed by atoms with Gasteiger partial charge in [0, 0.05) is 13.1 Å². The molecule has 0 amide bonds. The van der Waals surface area contributed by atoms with Crippen LogP contribution in [-0.4, -0.2) is 39.4 Å². The van der Waals surface area contributed by atoms with Crippen LogP contribution >= 0.6 is 0 Å². The van der Waals surface area contributed by atoms with Crippen molar-refractivity contribution >= 4 is 10.0 Å². The molecular formula is C14H24N2O2S. The molecule has 1 aromatic carbocycles. The van der Waals surface area contributed by atoms with Crippen LogP contribution in [0.2, 0.25) is 0 Å². The second-order valence-corrected chi connectivity index (χ2v) is 6.38. The zero-order valence-corrected chi connectivity index (χ0v) is 12.8. The molecule has 0 bridgehead atoms. The number of hydrogen-bond donors (Lipinski definition) is 1. The Hall–Kier alpha value is -0.910. The quantitative estimate of drug-likeness (QED) is 0.741. The number of sulfonamides is 1. The predicted octanol–water partition coefficient (Wildman–Crippen LogP) is 1.87. The third kappa shape index (κ3) is 4.30. The van der Waals surface area contributed by atoms with Crippen LogP contribution in [0.15, 0.2) is 29.2 Å². The molecule has 1 aromatic rings. The molecule has 0 unspecified atom stereocenters. The summed E-state index contributed by atoms with van der Waals surface area (Å²) < 4.78 is 26.0. The van der Waals surface area contributed by atoms with E-state index in [0.717, 1.165) is 19.4 Å². The summed E-state index contributed by atoms with van der Waals surface area (Å²) in [5.41, 5.74) is 1.17. The summed E-state index contributed by atoms with van der Waals surface area (Å²) in [5.74, 6) is 0. The van der Waals surface area contributed by atoms with Crippen molar-refractivity contribution in [1.82, 2.24) is 9.62 Å². The molecule has 0 aliphatic carbocycles. The van der Waals surface area contributed by atoms with Gasteiger partial charge in [0.25, 0.3) is 0 Å². The maximum Gasteiger partial charge on any atom is 0.243 e. The molecule has 1 rings (SSSR count). The van der Waals surface area contributed by atoms with E-state index in [0.29, 0.717) is 18.0 Å². The highest BCUT2D eigenvalue weighted by Crippen LogP contribution is 2.16. The Balaban J connectivity index is 2.80. The molecule has 0 aliphatic heterocycles. The number of benzene rings is 1. The minimum atomic E-state index is -3.32. The predicted molar refractivity (Wildman–Crippen MR) is 78.8 cm³/mol. The van der Waals surface area contributed by atoms with Crippen molar-refractivity contribution < 1.29 is 8.42 Å². The van der Waals surface area contributed by atoms with E-state index < -0.39 is 10.0 Å². The molecule has 4 nitrogen and oxygen atoms in total. The maximum absolute atomic E-state index is 12.3. The molecule has 0 saturated heterocycles. The smallest absolute Gasteiger partial charge is 0.243 e. The first-order valence-electron chi connectivity index (χ1n) is 6.80. The molecule has 1 N–H and O–H groups in total. The highest BCUT2D eigenvalue weighted by molar-refractivity contribution is 7.89. The number of nitrogens with zero attached hydrogens (tertiary/aromatic N) is 1. The number of nitrogens with one attached hydrogen (secondary N) is 1. The molecule has 0 saturated carbocycles. The number of rotatable bonds is 8. The lowest BCUT2D eigenvalue weighted by Gasteiger charge is -2.18. The average molecular weight is 284 g/mol. The van der Waals surface area contributed by atoms with Gasteiger partial charge in [0.05, 0.1) is 4.90 Å². The summed E-state index contributed by atoms with van der Waals surface area (Å²) in [6.45, 7) is 5.69. The minimum absolute atomic E-state index is 0.383.